The van der Waals surface area contributed by atoms with E-state index in [0.29, 0.717) is 17.5 Å². The lowest BCUT2D eigenvalue weighted by Gasteiger charge is -2.10. The van der Waals surface area contributed by atoms with Crippen molar-refractivity contribution in [1.29, 1.82) is 0 Å². The smallest absolute Gasteiger partial charge is 0.164 e. The first-order chi connectivity index (χ1) is 28.7. The molecule has 58 heavy (non-hydrogen) atoms. The van der Waals surface area contributed by atoms with Crippen molar-refractivity contribution in [3.63, 3.8) is 0 Å². The summed E-state index contributed by atoms with van der Waals surface area (Å²) in [7, 11) is 0. The number of benzene rings is 9. The van der Waals surface area contributed by atoms with Gasteiger partial charge in [0.1, 0.15) is 22.3 Å². The topological polar surface area (TPSA) is 65.0 Å². The Kier molecular flexibility index (Phi) is 7.16. The molecule has 270 valence electrons. The highest BCUT2D eigenvalue weighted by molar-refractivity contribution is 6.20. The lowest BCUT2D eigenvalue weighted by atomic mass is 9.96. The van der Waals surface area contributed by atoms with Crippen molar-refractivity contribution in [2.45, 2.75) is 0 Å². The Morgan fingerprint density at radius 3 is 1.74 bits per heavy atom. The molecule has 0 saturated heterocycles. The second-order valence-corrected chi connectivity index (χ2v) is 14.7. The summed E-state index contributed by atoms with van der Waals surface area (Å²) < 4.78 is 13.1. The number of nitrogens with zero attached hydrogens (tertiary/aromatic N) is 3. The number of fused-ring (bicyclic) bond motifs is 9. The van der Waals surface area contributed by atoms with Crippen molar-refractivity contribution in [1.82, 2.24) is 15.0 Å². The Morgan fingerprint density at radius 1 is 0.293 bits per heavy atom. The molecule has 0 aliphatic heterocycles. The van der Waals surface area contributed by atoms with E-state index in [0.717, 1.165) is 104 Å². The van der Waals surface area contributed by atoms with Crippen molar-refractivity contribution >= 4 is 65.4 Å². The summed E-state index contributed by atoms with van der Waals surface area (Å²) in [4.78, 5) is 15.5. The average molecular weight is 742 g/mol. The Bertz CT molecular complexity index is 3570. The van der Waals surface area contributed by atoms with E-state index in [4.69, 9.17) is 23.8 Å². The summed E-state index contributed by atoms with van der Waals surface area (Å²) in [6, 6.07) is 65.1. The van der Waals surface area contributed by atoms with Gasteiger partial charge in [0.25, 0.3) is 0 Å². The third-order valence-corrected chi connectivity index (χ3v) is 11.3. The molecule has 3 heterocycles. The Labute approximate surface area is 332 Å². The second-order valence-electron chi connectivity index (χ2n) is 14.7. The largest absolute Gasteiger partial charge is 0.456 e. The van der Waals surface area contributed by atoms with Crippen molar-refractivity contribution in [3.05, 3.63) is 188 Å². The molecule has 0 radical (unpaired) electrons. The molecule has 0 unspecified atom stereocenters. The molecule has 9 aromatic carbocycles. The van der Waals surface area contributed by atoms with Crippen LogP contribution in [0.1, 0.15) is 0 Å². The Balaban J connectivity index is 1.05. The molecule has 0 aliphatic rings. The van der Waals surface area contributed by atoms with Crippen LogP contribution in [0.5, 0.6) is 0 Å². The summed E-state index contributed by atoms with van der Waals surface area (Å²) >= 11 is 0. The zero-order valence-electron chi connectivity index (χ0n) is 31.1. The van der Waals surface area contributed by atoms with Gasteiger partial charge in [0.2, 0.25) is 0 Å². The van der Waals surface area contributed by atoms with Gasteiger partial charge in [-0.1, -0.05) is 152 Å². The maximum atomic E-state index is 6.55. The minimum atomic E-state index is 0.578. The average Bonchev–Trinajstić information content (AvgIpc) is 3.88. The van der Waals surface area contributed by atoms with Gasteiger partial charge in [0.15, 0.2) is 17.5 Å². The van der Waals surface area contributed by atoms with Gasteiger partial charge in [-0.25, -0.2) is 15.0 Å². The van der Waals surface area contributed by atoms with Crippen LogP contribution in [0.25, 0.3) is 122 Å². The molecule has 3 aromatic heterocycles. The minimum absolute atomic E-state index is 0.578. The minimum Gasteiger partial charge on any atom is -0.456 e. The van der Waals surface area contributed by atoms with Gasteiger partial charge >= 0.3 is 0 Å². The molecule has 0 N–H and O–H groups in total. The molecule has 0 atom stereocenters. The van der Waals surface area contributed by atoms with Crippen molar-refractivity contribution in [3.8, 4) is 56.4 Å². The number of hydrogen-bond donors (Lipinski definition) is 0. The van der Waals surface area contributed by atoms with Gasteiger partial charge in [0, 0.05) is 43.6 Å². The number of hydrogen-bond acceptors (Lipinski definition) is 5. The highest BCUT2D eigenvalue weighted by atomic mass is 16.3. The monoisotopic (exact) mass is 741 g/mol. The van der Waals surface area contributed by atoms with E-state index in [1.165, 1.54) is 0 Å². The van der Waals surface area contributed by atoms with Gasteiger partial charge in [-0.05, 0) is 74.8 Å². The van der Waals surface area contributed by atoms with Gasteiger partial charge in [0.05, 0.1) is 0 Å². The third-order valence-electron chi connectivity index (χ3n) is 11.3. The van der Waals surface area contributed by atoms with Crippen LogP contribution in [0, 0.1) is 0 Å². The molecule has 0 aliphatic carbocycles. The van der Waals surface area contributed by atoms with Crippen LogP contribution in [-0.4, -0.2) is 15.0 Å². The van der Waals surface area contributed by atoms with Gasteiger partial charge < -0.3 is 8.83 Å². The fraction of sp³-hybridized carbons (Fsp3) is 0. The van der Waals surface area contributed by atoms with E-state index >= 15 is 0 Å². The molecule has 0 saturated carbocycles. The molecule has 0 fully saturated rings. The molecule has 12 rings (SSSR count). The summed E-state index contributed by atoms with van der Waals surface area (Å²) in [5.74, 6) is 1.78. The van der Waals surface area contributed by atoms with Crippen LogP contribution < -0.4 is 0 Å². The molecule has 0 bridgehead atoms. The van der Waals surface area contributed by atoms with E-state index < -0.39 is 0 Å². The van der Waals surface area contributed by atoms with E-state index in [9.17, 15) is 0 Å². The first-order valence-corrected chi connectivity index (χ1v) is 19.4. The Hall–Kier alpha value is -7.89. The normalized spacial score (nSPS) is 11.8. The zero-order chi connectivity index (χ0) is 38.2. The molecule has 12 aromatic rings. The maximum Gasteiger partial charge on any atom is 0.164 e. The van der Waals surface area contributed by atoms with E-state index in [2.05, 4.69) is 170 Å². The van der Waals surface area contributed by atoms with Crippen LogP contribution in [0.2, 0.25) is 0 Å². The summed E-state index contributed by atoms with van der Waals surface area (Å²) in [6.07, 6.45) is 0. The van der Waals surface area contributed by atoms with Gasteiger partial charge in [-0.15, -0.1) is 0 Å². The maximum absolute atomic E-state index is 6.55. The van der Waals surface area contributed by atoms with Crippen molar-refractivity contribution in [2.75, 3.05) is 0 Å². The first-order valence-electron chi connectivity index (χ1n) is 19.4. The van der Waals surface area contributed by atoms with E-state index in [-0.39, 0.29) is 0 Å². The fourth-order valence-corrected chi connectivity index (χ4v) is 8.50. The molecule has 5 heteroatoms. The summed E-state index contributed by atoms with van der Waals surface area (Å²) in [6.45, 7) is 0. The lowest BCUT2D eigenvalue weighted by molar-refractivity contribution is 0.669. The predicted octanol–water partition coefficient (Wildman–Crippen LogP) is 14.3. The molecular formula is C53H31N3O2. The second kappa shape index (κ2) is 12.8. The van der Waals surface area contributed by atoms with Crippen LogP contribution in [0.15, 0.2) is 197 Å². The number of aromatic nitrogens is 3. The highest BCUT2D eigenvalue weighted by Crippen LogP contribution is 2.43. The molecular weight excluding hydrogens is 711 g/mol. The lowest BCUT2D eigenvalue weighted by Crippen LogP contribution is -2.00. The molecule has 0 amide bonds. The van der Waals surface area contributed by atoms with Crippen LogP contribution in [0.3, 0.4) is 0 Å². The Morgan fingerprint density at radius 2 is 0.897 bits per heavy atom. The van der Waals surface area contributed by atoms with Crippen LogP contribution in [-0.2, 0) is 0 Å². The van der Waals surface area contributed by atoms with Gasteiger partial charge in [-0.3, -0.25) is 0 Å². The summed E-state index contributed by atoms with van der Waals surface area (Å²) in [5, 5.41) is 8.68. The summed E-state index contributed by atoms with van der Waals surface area (Å²) in [5.41, 5.74) is 10.5. The SMILES string of the molecule is c1ccc(-c2ccc(-c3nc(-c4ccc5ccccc5c4)nc(-c4cccc5oc6ccc(-c7cccc8oc9c%10ccccc%10ccc9c78)cc6c45)n3)cc2)cc1. The highest BCUT2D eigenvalue weighted by Gasteiger charge is 2.20. The molecule has 5 nitrogen and oxygen atoms in total. The molecule has 0 spiro atoms. The fourth-order valence-electron chi connectivity index (χ4n) is 8.50. The quantitative estimate of drug-likeness (QED) is 0.176. The van der Waals surface area contributed by atoms with E-state index in [1.807, 2.05) is 18.2 Å². The van der Waals surface area contributed by atoms with Crippen LogP contribution >= 0.6 is 0 Å². The van der Waals surface area contributed by atoms with E-state index in [1.54, 1.807) is 0 Å². The van der Waals surface area contributed by atoms with Crippen molar-refractivity contribution in [2.24, 2.45) is 0 Å². The van der Waals surface area contributed by atoms with Crippen molar-refractivity contribution < 1.29 is 8.83 Å². The number of rotatable bonds is 5. The predicted molar refractivity (Wildman–Crippen MR) is 237 cm³/mol. The third kappa shape index (κ3) is 5.21. The standard InChI is InChI=1S/C53H31N3O2/c1-2-10-32(11-3-1)34-20-23-36(24-21-34)51-54-52(39-25-22-33-12-4-5-14-37(33)30-39)56-53(55-51)43-17-9-18-46-49(43)44-31-38(27-29-45(44)57-46)40-16-8-19-47-48(40)42-28-26-35-13-6-7-15-41(35)50(42)58-47/h1-31H. The van der Waals surface area contributed by atoms with Gasteiger partial charge in [-0.2, -0.15) is 0 Å². The van der Waals surface area contributed by atoms with Crippen LogP contribution in [0.4, 0.5) is 0 Å². The zero-order valence-corrected chi connectivity index (χ0v) is 31.1. The number of furan rings is 2. The first kappa shape index (κ1) is 32.4.